The van der Waals surface area contributed by atoms with Crippen LogP contribution in [0, 0.1) is 0 Å². The van der Waals surface area contributed by atoms with E-state index in [2.05, 4.69) is 0 Å². The summed E-state index contributed by atoms with van der Waals surface area (Å²) < 4.78 is 0. The first-order valence-corrected chi connectivity index (χ1v) is 3.00. The Bertz CT molecular complexity index is 25.2. The van der Waals surface area contributed by atoms with Gasteiger partial charge in [0.25, 0.3) is 0 Å². The molecular weight excluding hydrogens is 99.8 g/mol. The Labute approximate surface area is 113 Å². The second-order valence-corrected chi connectivity index (χ2v) is 2.12. The van der Waals surface area contributed by atoms with E-state index in [4.69, 9.17) is 0 Å². The van der Waals surface area contributed by atoms with Gasteiger partial charge in [-0.2, -0.15) is 0 Å². The van der Waals surface area contributed by atoms with Crippen LogP contribution in [-0.4, -0.2) is 75.4 Å². The van der Waals surface area contributed by atoms with Crippen molar-refractivity contribution in [2.45, 2.75) is 38.5 Å². The second-order valence-electron chi connectivity index (χ2n) is 2.12. The summed E-state index contributed by atoms with van der Waals surface area (Å²) >= 11 is 0. The van der Waals surface area contributed by atoms with Crippen molar-refractivity contribution in [1.29, 1.82) is 0 Å². The van der Waals surface area contributed by atoms with Gasteiger partial charge in [0.05, 0.1) is 0 Å². The molecule has 0 saturated heterocycles. The Morgan fingerprint density at radius 1 is 0.300 bits per heavy atom. The van der Waals surface area contributed by atoms with Crippen molar-refractivity contribution in [3.8, 4) is 0 Å². The van der Waals surface area contributed by atoms with E-state index >= 15 is 0 Å². The topological polar surface area (TPSA) is 0 Å². The average molecular weight is 116 g/mol. The molecule has 4 heteroatoms. The molecule has 1 rings (SSSR count). The quantitative estimate of drug-likeness (QED) is 0.382. The third-order valence-electron chi connectivity index (χ3n) is 1.50. The Morgan fingerprint density at radius 3 is 0.500 bits per heavy atom. The van der Waals surface area contributed by atoms with E-state index in [0.717, 1.165) is 0 Å². The van der Waals surface area contributed by atoms with Crippen molar-refractivity contribution >= 4 is 75.4 Å². The maximum atomic E-state index is 1.50. The van der Waals surface area contributed by atoms with E-state index < -0.39 is 0 Å². The van der Waals surface area contributed by atoms with Gasteiger partial charge in [0, 0.05) is 0 Å². The molecule has 0 aromatic carbocycles. The molecule has 1 saturated carbocycles. The van der Waals surface area contributed by atoms with Crippen LogP contribution in [0.3, 0.4) is 0 Å². The summed E-state index contributed by atoms with van der Waals surface area (Å²) in [6.45, 7) is 0. The molecule has 0 amide bonds. The van der Waals surface area contributed by atoms with Crippen LogP contribution in [-0.2, 0) is 0 Å². The summed E-state index contributed by atoms with van der Waals surface area (Å²) in [4.78, 5) is 0. The molecule has 0 spiro atoms. The molecule has 0 unspecified atom stereocenters. The molecule has 10 heavy (non-hydrogen) atoms. The van der Waals surface area contributed by atoms with Gasteiger partial charge < -0.3 is 0 Å². The molecule has 0 atom stereocenters. The molecule has 0 radical (unpaired) electrons. The summed E-state index contributed by atoms with van der Waals surface area (Å²) in [5, 5.41) is 0. The van der Waals surface area contributed by atoms with E-state index in [0.29, 0.717) is 0 Å². The molecule has 1 fully saturated rings. The van der Waals surface area contributed by atoms with Crippen LogP contribution in [0.15, 0.2) is 0 Å². The first kappa shape index (κ1) is 22.8. The molecule has 0 N–H and O–H groups in total. The number of hydrogen-bond acceptors (Lipinski definition) is 0. The summed E-state index contributed by atoms with van der Waals surface area (Å²) in [6.07, 6.45) is 9.00. The molecule has 44 valence electrons. The van der Waals surface area contributed by atoms with Gasteiger partial charge in [0.15, 0.2) is 0 Å². The van der Waals surface area contributed by atoms with Crippen molar-refractivity contribution in [1.82, 2.24) is 0 Å². The fourth-order valence-electron chi connectivity index (χ4n) is 1.06. The third-order valence-corrected chi connectivity index (χ3v) is 1.50. The SMILES string of the molecule is C1CCCCC1.[LiH].[LiH].[LiH].[LiH]. The van der Waals surface area contributed by atoms with E-state index in [9.17, 15) is 0 Å². The third kappa shape index (κ3) is 13.0. The van der Waals surface area contributed by atoms with Crippen molar-refractivity contribution in [3.63, 3.8) is 0 Å². The average Bonchev–Trinajstić information content (AvgIpc) is 1.72. The predicted molar refractivity (Wildman–Crippen MR) is 56.3 cm³/mol. The van der Waals surface area contributed by atoms with Crippen molar-refractivity contribution < 1.29 is 0 Å². The van der Waals surface area contributed by atoms with E-state index in [1.165, 1.54) is 38.5 Å². The molecule has 0 nitrogen and oxygen atoms in total. The van der Waals surface area contributed by atoms with Gasteiger partial charge >= 0.3 is 75.4 Å². The molecule has 1 aliphatic rings. The van der Waals surface area contributed by atoms with Gasteiger partial charge in [-0.3, -0.25) is 0 Å². The monoisotopic (exact) mass is 116 g/mol. The molecule has 0 aromatic heterocycles. The van der Waals surface area contributed by atoms with Gasteiger partial charge in [-0.05, 0) is 0 Å². The van der Waals surface area contributed by atoms with Crippen LogP contribution in [0.4, 0.5) is 0 Å². The maximum absolute atomic E-state index is 1.50. The molecule has 0 heterocycles. The summed E-state index contributed by atoms with van der Waals surface area (Å²) in [5.74, 6) is 0. The van der Waals surface area contributed by atoms with Crippen LogP contribution in [0.25, 0.3) is 0 Å². The van der Waals surface area contributed by atoms with Gasteiger partial charge in [0.2, 0.25) is 0 Å². The first-order valence-electron chi connectivity index (χ1n) is 3.00. The molecule has 0 aliphatic heterocycles. The summed E-state index contributed by atoms with van der Waals surface area (Å²) in [5.41, 5.74) is 0. The molecule has 1 aliphatic carbocycles. The first-order chi connectivity index (χ1) is 3.00. The van der Waals surface area contributed by atoms with Crippen molar-refractivity contribution in [2.75, 3.05) is 0 Å². The summed E-state index contributed by atoms with van der Waals surface area (Å²) in [7, 11) is 0. The minimum atomic E-state index is 0. The van der Waals surface area contributed by atoms with Crippen LogP contribution < -0.4 is 0 Å². The minimum absolute atomic E-state index is 0. The molecule has 0 bridgehead atoms. The zero-order valence-corrected chi connectivity index (χ0v) is 4.24. The Balaban J connectivity index is -0.0000000450. The molecule has 0 aromatic rings. The van der Waals surface area contributed by atoms with E-state index in [-0.39, 0.29) is 75.4 Å². The van der Waals surface area contributed by atoms with Gasteiger partial charge in [0.1, 0.15) is 0 Å². The van der Waals surface area contributed by atoms with Crippen LogP contribution in [0.1, 0.15) is 38.5 Å². The zero-order chi connectivity index (χ0) is 4.24. The standard InChI is InChI=1S/C6H12.4Li.4H/c1-2-4-6-5-3-1;;;;;;;;/h1-6H2;;;;;;;;. The normalized spacial score (nSPS) is 14.4. The predicted octanol–water partition coefficient (Wildman–Crippen LogP) is -0.253. The number of rotatable bonds is 0. The van der Waals surface area contributed by atoms with Crippen LogP contribution in [0.2, 0.25) is 0 Å². The van der Waals surface area contributed by atoms with Crippen LogP contribution in [0.5, 0.6) is 0 Å². The van der Waals surface area contributed by atoms with Gasteiger partial charge in [-0.25, -0.2) is 0 Å². The Morgan fingerprint density at radius 2 is 0.400 bits per heavy atom. The molecular formula is C6H16Li4. The fourth-order valence-corrected chi connectivity index (χ4v) is 1.06. The zero-order valence-electron chi connectivity index (χ0n) is 4.24. The fraction of sp³-hybridized carbons (Fsp3) is 1.00. The Hall–Kier alpha value is 2.39. The van der Waals surface area contributed by atoms with Crippen LogP contribution >= 0.6 is 0 Å². The van der Waals surface area contributed by atoms with E-state index in [1.54, 1.807) is 0 Å². The summed E-state index contributed by atoms with van der Waals surface area (Å²) in [6, 6.07) is 0. The van der Waals surface area contributed by atoms with Gasteiger partial charge in [-0.15, -0.1) is 0 Å². The van der Waals surface area contributed by atoms with Crippen molar-refractivity contribution in [2.24, 2.45) is 0 Å². The second kappa shape index (κ2) is 17.5. The van der Waals surface area contributed by atoms with Crippen molar-refractivity contribution in [3.05, 3.63) is 0 Å². The Kier molecular flexibility index (Phi) is 39.9. The van der Waals surface area contributed by atoms with E-state index in [1.807, 2.05) is 0 Å². The van der Waals surface area contributed by atoms with Gasteiger partial charge in [-0.1, -0.05) is 38.5 Å². The number of hydrogen-bond donors (Lipinski definition) is 0.